The third kappa shape index (κ3) is 2.67. The molecule has 0 spiro atoms. The summed E-state index contributed by atoms with van der Waals surface area (Å²) in [4.78, 5) is 25.2. The van der Waals surface area contributed by atoms with Crippen molar-refractivity contribution in [2.45, 2.75) is 82.9 Å². The molecular weight excluding hydrogens is 341 g/mol. The van der Waals surface area contributed by atoms with Gasteiger partial charge in [-0.05, 0) is 0 Å². The fourth-order valence-corrected chi connectivity index (χ4v) is 8.88. The van der Waals surface area contributed by atoms with Crippen molar-refractivity contribution in [2.75, 3.05) is 0 Å². The third-order valence-electron chi connectivity index (χ3n) is 6.47. The predicted molar refractivity (Wildman–Crippen MR) is 91.1 cm³/mol. The quantitative estimate of drug-likeness (QED) is 0.724. The molecule has 126 valence electrons. The van der Waals surface area contributed by atoms with Crippen LogP contribution in [0.3, 0.4) is 0 Å². The maximum absolute atomic E-state index is 13.0. The second-order valence-corrected chi connectivity index (χ2v) is 10.7. The molecule has 0 aromatic rings. The Morgan fingerprint density at radius 1 is 1.32 bits per heavy atom. The Hall–Kier alpha value is -0.341. The summed E-state index contributed by atoms with van der Waals surface area (Å²) < 4.78 is 0. The summed E-state index contributed by atoms with van der Waals surface area (Å²) >= 11 is 0.273. The van der Waals surface area contributed by atoms with Crippen molar-refractivity contribution in [1.82, 2.24) is 5.32 Å². The van der Waals surface area contributed by atoms with Crippen molar-refractivity contribution in [1.29, 1.82) is 0 Å². The molecule has 2 aliphatic rings. The summed E-state index contributed by atoms with van der Waals surface area (Å²) in [6.07, 6.45) is 4.27. The van der Waals surface area contributed by atoms with E-state index in [0.717, 1.165) is 19.3 Å². The zero-order valence-electron chi connectivity index (χ0n) is 14.9. The molecule has 1 amide bonds. The molecule has 0 saturated heterocycles. The molecule has 22 heavy (non-hydrogen) atoms. The van der Waals surface area contributed by atoms with E-state index < -0.39 is 0 Å². The van der Waals surface area contributed by atoms with Crippen molar-refractivity contribution in [3.63, 3.8) is 0 Å². The predicted octanol–water partition coefficient (Wildman–Crippen LogP) is 3.62. The van der Waals surface area contributed by atoms with E-state index >= 15 is 0 Å². The molecule has 0 aromatic heterocycles. The van der Waals surface area contributed by atoms with E-state index in [1.54, 1.807) is 6.92 Å². The van der Waals surface area contributed by atoms with E-state index in [4.69, 9.17) is 0 Å². The number of carbonyl (C=O) groups excluding carboxylic acids is 2. The fourth-order valence-electron chi connectivity index (χ4n) is 4.54. The number of amides is 1. The fraction of sp³-hybridized carbons (Fsp3) is 0.889. The number of hydrogen-bond donors (Lipinski definition) is 1. The molecule has 1 N–H and O–H groups in total. The van der Waals surface area contributed by atoms with Gasteiger partial charge in [0.25, 0.3) is 0 Å². The van der Waals surface area contributed by atoms with Crippen LogP contribution in [0.15, 0.2) is 0 Å². The van der Waals surface area contributed by atoms with Crippen molar-refractivity contribution in [3.05, 3.63) is 0 Å². The number of fused-ring (bicyclic) bond motifs is 2. The number of ketones is 1. The summed E-state index contributed by atoms with van der Waals surface area (Å²) in [5.74, 6) is 1.12. The van der Waals surface area contributed by atoms with Crippen LogP contribution in [-0.2, 0) is 9.59 Å². The maximum atomic E-state index is 13.0. The van der Waals surface area contributed by atoms with Crippen LogP contribution in [0, 0.1) is 16.7 Å². The molecule has 0 aliphatic heterocycles. The molecule has 0 aromatic carbocycles. The number of nitrogens with one attached hydrogen (secondary N) is 1. The second-order valence-electron chi connectivity index (χ2n) is 7.78. The molecule has 4 heteroatoms. The molecule has 2 rings (SSSR count). The van der Waals surface area contributed by atoms with Crippen LogP contribution >= 0.6 is 0 Å². The Balaban J connectivity index is 2.16. The number of hydrogen-bond acceptors (Lipinski definition) is 2. The summed E-state index contributed by atoms with van der Waals surface area (Å²) in [5, 5.41) is 3.11. The first-order chi connectivity index (χ1) is 10.2. The van der Waals surface area contributed by atoms with Crippen LogP contribution in [0.1, 0.15) is 67.2 Å². The first kappa shape index (κ1) is 18.0. The van der Waals surface area contributed by atoms with Gasteiger partial charge in [-0.15, -0.1) is 0 Å². The topological polar surface area (TPSA) is 46.2 Å². The van der Waals surface area contributed by atoms with Gasteiger partial charge in [-0.3, -0.25) is 0 Å². The minimum absolute atomic E-state index is 0.0488. The first-order valence-electron chi connectivity index (χ1n) is 8.65. The van der Waals surface area contributed by atoms with Crippen LogP contribution in [0.25, 0.3) is 0 Å². The van der Waals surface area contributed by atoms with Gasteiger partial charge in [0, 0.05) is 0 Å². The third-order valence-corrected chi connectivity index (χ3v) is 10.3. The molecule has 2 bridgehead atoms. The average molecular weight is 372 g/mol. The summed E-state index contributed by atoms with van der Waals surface area (Å²) in [6.45, 7) is 12.7. The molecule has 0 heterocycles. The summed E-state index contributed by atoms with van der Waals surface area (Å²) in [5.41, 5.74) is 0.0304. The molecule has 0 radical (unpaired) electrons. The van der Waals surface area contributed by atoms with Crippen LogP contribution in [0.5, 0.6) is 0 Å². The van der Waals surface area contributed by atoms with E-state index in [-0.39, 0.29) is 42.6 Å². The summed E-state index contributed by atoms with van der Waals surface area (Å²) in [7, 11) is 0. The van der Waals surface area contributed by atoms with Gasteiger partial charge in [0.1, 0.15) is 0 Å². The van der Waals surface area contributed by atoms with Crippen molar-refractivity contribution >= 4 is 26.6 Å². The van der Waals surface area contributed by atoms with Crippen molar-refractivity contribution in [2.24, 2.45) is 16.7 Å². The van der Waals surface area contributed by atoms with Gasteiger partial charge >= 0.3 is 141 Å². The Kier molecular flexibility index (Phi) is 5.14. The molecule has 2 unspecified atom stereocenters. The van der Waals surface area contributed by atoms with Gasteiger partial charge in [0.05, 0.1) is 0 Å². The monoisotopic (exact) mass is 373 g/mol. The van der Waals surface area contributed by atoms with Gasteiger partial charge in [-0.25, -0.2) is 0 Å². The number of Topliss-reactive ketones (excluding diaryl/α,β-unsaturated/α-hetero) is 1. The minimum atomic E-state index is -0.113. The molecule has 3 nitrogen and oxygen atoms in total. The molecule has 2 saturated carbocycles. The summed E-state index contributed by atoms with van der Waals surface area (Å²) in [6, 6.07) is 0.227. The van der Waals surface area contributed by atoms with E-state index in [1.165, 1.54) is 6.42 Å². The normalized spacial score (nSPS) is 35.5. The zero-order chi connectivity index (χ0) is 16.7. The van der Waals surface area contributed by atoms with E-state index in [0.29, 0.717) is 16.5 Å². The average Bonchev–Trinajstić information content (AvgIpc) is 2.75. The van der Waals surface area contributed by atoms with Crippen molar-refractivity contribution < 1.29 is 9.59 Å². The van der Waals surface area contributed by atoms with Gasteiger partial charge in [0.2, 0.25) is 0 Å². The zero-order valence-corrected chi connectivity index (χ0v) is 16.6. The van der Waals surface area contributed by atoms with E-state index in [9.17, 15) is 9.59 Å². The number of rotatable bonds is 6. The Bertz CT molecular complexity index is 462. The van der Waals surface area contributed by atoms with Gasteiger partial charge in [-0.2, -0.15) is 0 Å². The molecular formula is C18H31NO2Se. The standard InChI is InChI=1S/C18H31NO2Se/c1-7-13(19-11(3)20)14(8-2)22-15-12-9-10-18(6,16(15)21)17(12,4)5/h12-15H,7-10H2,1-6H3,(H,19,20)/t12-,13?,14?,15+,18+/m1/s1. The van der Waals surface area contributed by atoms with Crippen molar-refractivity contribution in [3.8, 4) is 0 Å². The molecule has 2 fully saturated rings. The van der Waals surface area contributed by atoms with Crippen LogP contribution in [-0.4, -0.2) is 32.7 Å². The number of carbonyl (C=O) groups is 2. The molecule has 5 atom stereocenters. The Labute approximate surface area is 141 Å². The van der Waals surface area contributed by atoms with Crippen LogP contribution in [0.4, 0.5) is 0 Å². The molecule has 2 aliphatic carbocycles. The van der Waals surface area contributed by atoms with E-state index in [2.05, 4.69) is 39.9 Å². The van der Waals surface area contributed by atoms with Crippen LogP contribution in [0.2, 0.25) is 9.63 Å². The van der Waals surface area contributed by atoms with Gasteiger partial charge < -0.3 is 0 Å². The van der Waals surface area contributed by atoms with E-state index in [1.807, 2.05) is 0 Å². The first-order valence-corrected chi connectivity index (χ1v) is 10.6. The SMILES string of the molecule is CCC(NC(C)=O)C(CC)[Se][C@@H]1C(=O)[C@]2(C)CC[C@H]1C2(C)C. The van der Waals surface area contributed by atoms with Gasteiger partial charge in [0.15, 0.2) is 0 Å². The van der Waals surface area contributed by atoms with Crippen LogP contribution < -0.4 is 5.32 Å². The Morgan fingerprint density at radius 2 is 1.95 bits per heavy atom. The second kappa shape index (κ2) is 6.28. The Morgan fingerprint density at radius 3 is 2.36 bits per heavy atom. The van der Waals surface area contributed by atoms with Gasteiger partial charge in [-0.1, -0.05) is 0 Å².